The van der Waals surface area contributed by atoms with Crippen molar-refractivity contribution < 1.29 is 23.1 Å². The van der Waals surface area contributed by atoms with Crippen molar-refractivity contribution in [3.05, 3.63) is 90.4 Å². The third kappa shape index (κ3) is 4.33. The van der Waals surface area contributed by atoms with E-state index in [4.69, 9.17) is 4.74 Å². The van der Waals surface area contributed by atoms with Gasteiger partial charge in [0.05, 0.1) is 19.5 Å². The Kier molecular flexibility index (Phi) is 6.17. The summed E-state index contributed by atoms with van der Waals surface area (Å²) in [5, 5.41) is 4.94. The molecule has 0 unspecified atom stereocenters. The van der Waals surface area contributed by atoms with Gasteiger partial charge < -0.3 is 15.4 Å². The summed E-state index contributed by atoms with van der Waals surface area (Å²) in [7, 11) is 1.51. The molecule has 1 heterocycles. The molecule has 0 saturated heterocycles. The number of rotatable bonds is 6. The van der Waals surface area contributed by atoms with Gasteiger partial charge in [0, 0.05) is 16.8 Å². The number of anilines is 1. The Labute approximate surface area is 171 Å². The largest absolute Gasteiger partial charge is 0.496 e. The second-order valence-electron chi connectivity index (χ2n) is 6.10. The van der Waals surface area contributed by atoms with E-state index >= 15 is 0 Å². The van der Waals surface area contributed by atoms with Crippen molar-refractivity contribution in [1.82, 2.24) is 10.3 Å². The van der Waals surface area contributed by atoms with E-state index in [1.54, 1.807) is 42.5 Å². The molecular weight excluding hydrogens is 392 g/mol. The summed E-state index contributed by atoms with van der Waals surface area (Å²) < 4.78 is 32.8. The molecule has 0 fully saturated rings. The van der Waals surface area contributed by atoms with Crippen LogP contribution < -0.4 is 15.4 Å². The lowest BCUT2D eigenvalue weighted by molar-refractivity contribution is 0.0968. The quantitative estimate of drug-likeness (QED) is 0.641. The number of nitrogens with one attached hydrogen (secondary N) is 2. The number of halogens is 2. The van der Waals surface area contributed by atoms with Crippen LogP contribution in [0, 0.1) is 11.6 Å². The highest BCUT2D eigenvalue weighted by Gasteiger charge is 2.18. The van der Waals surface area contributed by atoms with Crippen LogP contribution in [0.15, 0.2) is 67.6 Å². The third-order valence-corrected chi connectivity index (χ3v) is 4.23. The van der Waals surface area contributed by atoms with E-state index < -0.39 is 23.1 Å². The van der Waals surface area contributed by atoms with Crippen LogP contribution in [0.1, 0.15) is 20.7 Å². The molecule has 152 valence electrons. The monoisotopic (exact) mass is 409 g/mol. The fraction of sp³-hybridized carbons (Fsp3) is 0.0455. The number of pyridine rings is 1. The number of ether oxygens (including phenoxy) is 1. The van der Waals surface area contributed by atoms with Crippen LogP contribution in [0.5, 0.6) is 5.75 Å². The van der Waals surface area contributed by atoms with Crippen LogP contribution in [0.2, 0.25) is 0 Å². The van der Waals surface area contributed by atoms with Crippen LogP contribution >= 0.6 is 0 Å². The van der Waals surface area contributed by atoms with Gasteiger partial charge >= 0.3 is 0 Å². The number of hydrogen-bond acceptors (Lipinski definition) is 4. The average Bonchev–Trinajstić information content (AvgIpc) is 2.74. The molecule has 0 radical (unpaired) electrons. The molecule has 3 aromatic rings. The number of benzene rings is 2. The molecule has 0 spiro atoms. The number of aromatic nitrogens is 1. The molecule has 1 aromatic heterocycles. The van der Waals surface area contributed by atoms with Gasteiger partial charge in [0.2, 0.25) is 0 Å². The van der Waals surface area contributed by atoms with Gasteiger partial charge in [0.15, 0.2) is 11.6 Å². The highest BCUT2D eigenvalue weighted by atomic mass is 19.1. The highest BCUT2D eigenvalue weighted by Crippen LogP contribution is 2.32. The normalized spacial score (nSPS) is 10.2. The first-order chi connectivity index (χ1) is 14.4. The molecule has 0 bridgehead atoms. The van der Waals surface area contributed by atoms with E-state index in [2.05, 4.69) is 22.2 Å². The van der Waals surface area contributed by atoms with Gasteiger partial charge in [-0.15, -0.1) is 0 Å². The second-order valence-corrected chi connectivity index (χ2v) is 6.10. The van der Waals surface area contributed by atoms with Gasteiger partial charge in [-0.25, -0.2) is 8.78 Å². The van der Waals surface area contributed by atoms with E-state index in [1.807, 2.05) is 0 Å². The Morgan fingerprint density at radius 2 is 1.70 bits per heavy atom. The Bertz CT molecular complexity index is 1090. The van der Waals surface area contributed by atoms with E-state index in [-0.39, 0.29) is 5.91 Å². The van der Waals surface area contributed by atoms with Gasteiger partial charge in [-0.05, 0) is 42.1 Å². The summed E-state index contributed by atoms with van der Waals surface area (Å²) in [6, 6.07) is 11.4. The summed E-state index contributed by atoms with van der Waals surface area (Å²) in [5.41, 5.74) is 1.39. The number of amides is 2. The first-order valence-corrected chi connectivity index (χ1v) is 8.75. The summed E-state index contributed by atoms with van der Waals surface area (Å²) in [6.45, 7) is 3.46. The summed E-state index contributed by atoms with van der Waals surface area (Å²) in [4.78, 5) is 27.6. The molecule has 2 aromatic carbocycles. The first kappa shape index (κ1) is 20.7. The predicted molar refractivity (Wildman–Crippen MR) is 108 cm³/mol. The zero-order valence-corrected chi connectivity index (χ0v) is 15.9. The molecule has 2 amide bonds. The minimum Gasteiger partial charge on any atom is -0.496 e. The Morgan fingerprint density at radius 3 is 2.30 bits per heavy atom. The maximum Gasteiger partial charge on any atom is 0.261 e. The molecule has 3 rings (SSSR count). The van der Waals surface area contributed by atoms with Gasteiger partial charge in [-0.3, -0.25) is 14.6 Å². The molecule has 0 atom stereocenters. The highest BCUT2D eigenvalue weighted by molar-refractivity contribution is 6.04. The molecule has 0 saturated carbocycles. The van der Waals surface area contributed by atoms with Gasteiger partial charge in [-0.1, -0.05) is 18.7 Å². The van der Waals surface area contributed by atoms with Crippen molar-refractivity contribution in [3.8, 4) is 16.9 Å². The molecule has 6 nitrogen and oxygen atoms in total. The number of nitrogens with zero attached hydrogens (tertiary/aromatic N) is 1. The lowest BCUT2D eigenvalue weighted by atomic mass is 10.0. The van der Waals surface area contributed by atoms with Gasteiger partial charge in [0.1, 0.15) is 11.3 Å². The number of carbonyl (C=O) groups is 2. The van der Waals surface area contributed by atoms with E-state index in [0.29, 0.717) is 28.1 Å². The Balaban J connectivity index is 1.87. The maximum atomic E-state index is 13.7. The van der Waals surface area contributed by atoms with Crippen molar-refractivity contribution in [2.24, 2.45) is 0 Å². The van der Waals surface area contributed by atoms with Crippen LogP contribution in [-0.2, 0) is 0 Å². The smallest absolute Gasteiger partial charge is 0.261 e. The zero-order valence-electron chi connectivity index (χ0n) is 15.9. The third-order valence-electron chi connectivity index (χ3n) is 4.23. The molecule has 0 aliphatic carbocycles. The topological polar surface area (TPSA) is 80.3 Å². The minimum atomic E-state index is -1.05. The molecule has 2 N–H and O–H groups in total. The Morgan fingerprint density at radius 1 is 1.03 bits per heavy atom. The van der Waals surface area contributed by atoms with E-state index in [1.165, 1.54) is 13.3 Å². The van der Waals surface area contributed by atoms with Crippen LogP contribution in [0.25, 0.3) is 11.1 Å². The summed E-state index contributed by atoms with van der Waals surface area (Å²) in [6.07, 6.45) is 2.82. The van der Waals surface area contributed by atoms with Crippen LogP contribution in [0.4, 0.5) is 14.5 Å². The summed E-state index contributed by atoms with van der Waals surface area (Å²) >= 11 is 0. The molecule has 8 heteroatoms. The summed E-state index contributed by atoms with van der Waals surface area (Å²) in [5.74, 6) is -2.81. The molecule has 0 aliphatic heterocycles. The fourth-order valence-electron chi connectivity index (χ4n) is 2.81. The maximum absolute atomic E-state index is 13.7. The first-order valence-electron chi connectivity index (χ1n) is 8.75. The predicted octanol–water partition coefficient (Wildman–Crippen LogP) is 4.16. The average molecular weight is 409 g/mol. The van der Waals surface area contributed by atoms with Crippen molar-refractivity contribution in [3.63, 3.8) is 0 Å². The van der Waals surface area contributed by atoms with Crippen molar-refractivity contribution in [1.29, 1.82) is 0 Å². The lowest BCUT2D eigenvalue weighted by Gasteiger charge is -2.12. The van der Waals surface area contributed by atoms with Crippen molar-refractivity contribution >= 4 is 17.5 Å². The van der Waals surface area contributed by atoms with Crippen LogP contribution in [-0.4, -0.2) is 23.9 Å². The zero-order chi connectivity index (χ0) is 21.7. The lowest BCUT2D eigenvalue weighted by Crippen LogP contribution is -2.16. The Hall–Kier alpha value is -4.07. The van der Waals surface area contributed by atoms with Gasteiger partial charge in [-0.2, -0.15) is 0 Å². The van der Waals surface area contributed by atoms with Crippen molar-refractivity contribution in [2.75, 3.05) is 12.4 Å². The van der Waals surface area contributed by atoms with E-state index in [0.717, 1.165) is 12.4 Å². The number of carbonyl (C=O) groups excluding carboxylic acids is 2. The fourth-order valence-corrected chi connectivity index (χ4v) is 2.81. The van der Waals surface area contributed by atoms with Crippen molar-refractivity contribution in [2.45, 2.75) is 0 Å². The van der Waals surface area contributed by atoms with Crippen LogP contribution in [0.3, 0.4) is 0 Å². The van der Waals surface area contributed by atoms with E-state index in [9.17, 15) is 18.4 Å². The molecule has 30 heavy (non-hydrogen) atoms. The second kappa shape index (κ2) is 8.95. The number of methoxy groups -OCH3 is 1. The molecule has 0 aliphatic rings. The number of hydrogen-bond donors (Lipinski definition) is 2. The standard InChI is InChI=1S/C22H17F2N3O3/c1-3-26-21(28)14-6-9-19(30-2)16(10-14)13-4-7-15(8-5-13)27-22(29)20-17(23)11-25-12-18(20)24/h3-12H,1H2,2H3,(H,26,28)(H,27,29). The SMILES string of the molecule is C=CNC(=O)c1ccc(OC)c(-c2ccc(NC(=O)c3c(F)cncc3F)cc2)c1. The molecular formula is C22H17F2N3O3. The van der Waals surface area contributed by atoms with Gasteiger partial charge in [0.25, 0.3) is 11.8 Å². The minimum absolute atomic E-state index is 0.320.